The van der Waals surface area contributed by atoms with Crippen LogP contribution in [0.25, 0.3) is 0 Å². The number of hydrogen-bond donors (Lipinski definition) is 3. The fourth-order valence-electron chi connectivity index (χ4n) is 2.18. The molecule has 17 heavy (non-hydrogen) atoms. The van der Waals surface area contributed by atoms with Crippen molar-refractivity contribution in [3.8, 4) is 0 Å². The first-order chi connectivity index (χ1) is 8.15. The number of aromatic carboxylic acids is 1. The highest BCUT2D eigenvalue weighted by molar-refractivity contribution is 5.85. The minimum Gasteiger partial charge on any atom is -0.476 e. The van der Waals surface area contributed by atoms with Crippen LogP contribution in [0.5, 0.6) is 0 Å². The maximum absolute atomic E-state index is 10.8. The van der Waals surface area contributed by atoms with E-state index in [9.17, 15) is 9.90 Å². The number of nitrogens with zero attached hydrogens (tertiary/aromatic N) is 2. The number of nitrogens with one attached hydrogen (secondary N) is 1. The first-order valence-electron chi connectivity index (χ1n) is 5.60. The van der Waals surface area contributed by atoms with Gasteiger partial charge in [0.05, 0.1) is 24.5 Å². The SMILES string of the molecule is O=C(O)c1cncc(NC2(CO)CCCC2)n1. The Morgan fingerprint density at radius 3 is 2.71 bits per heavy atom. The van der Waals surface area contributed by atoms with Gasteiger partial charge in [-0.3, -0.25) is 4.98 Å². The lowest BCUT2D eigenvalue weighted by atomic mass is 9.99. The second kappa shape index (κ2) is 4.67. The Balaban J connectivity index is 2.17. The van der Waals surface area contributed by atoms with E-state index >= 15 is 0 Å². The van der Waals surface area contributed by atoms with Gasteiger partial charge < -0.3 is 15.5 Å². The summed E-state index contributed by atoms with van der Waals surface area (Å²) in [6.07, 6.45) is 6.51. The normalized spacial score (nSPS) is 17.9. The Kier molecular flexibility index (Phi) is 3.23. The van der Waals surface area contributed by atoms with Crippen molar-refractivity contribution in [2.24, 2.45) is 0 Å². The zero-order valence-corrected chi connectivity index (χ0v) is 9.39. The van der Waals surface area contributed by atoms with Crippen molar-refractivity contribution in [2.45, 2.75) is 31.2 Å². The van der Waals surface area contributed by atoms with E-state index in [0.717, 1.165) is 25.7 Å². The van der Waals surface area contributed by atoms with Crippen molar-refractivity contribution >= 4 is 11.8 Å². The molecule has 0 saturated heterocycles. The molecular formula is C11H15N3O3. The van der Waals surface area contributed by atoms with E-state index in [-0.39, 0.29) is 17.8 Å². The number of rotatable bonds is 4. The summed E-state index contributed by atoms with van der Waals surface area (Å²) < 4.78 is 0. The van der Waals surface area contributed by atoms with E-state index in [0.29, 0.717) is 5.82 Å². The van der Waals surface area contributed by atoms with Gasteiger partial charge in [0.15, 0.2) is 5.69 Å². The van der Waals surface area contributed by atoms with Crippen LogP contribution >= 0.6 is 0 Å². The maximum Gasteiger partial charge on any atom is 0.356 e. The lowest BCUT2D eigenvalue weighted by Gasteiger charge is -2.28. The molecule has 0 aliphatic heterocycles. The number of aliphatic hydroxyl groups excluding tert-OH is 1. The highest BCUT2D eigenvalue weighted by Gasteiger charge is 2.33. The van der Waals surface area contributed by atoms with E-state index in [2.05, 4.69) is 15.3 Å². The molecule has 6 heteroatoms. The molecule has 0 aromatic carbocycles. The van der Waals surface area contributed by atoms with Gasteiger partial charge in [-0.05, 0) is 12.8 Å². The van der Waals surface area contributed by atoms with E-state index < -0.39 is 5.97 Å². The lowest BCUT2D eigenvalue weighted by Crippen LogP contribution is -2.39. The highest BCUT2D eigenvalue weighted by atomic mass is 16.4. The van der Waals surface area contributed by atoms with Crippen molar-refractivity contribution in [1.82, 2.24) is 9.97 Å². The van der Waals surface area contributed by atoms with E-state index in [4.69, 9.17) is 5.11 Å². The van der Waals surface area contributed by atoms with Crippen LogP contribution in [0.15, 0.2) is 12.4 Å². The number of aliphatic hydroxyl groups is 1. The summed E-state index contributed by atoms with van der Waals surface area (Å²) in [5.41, 5.74) is -0.465. The van der Waals surface area contributed by atoms with Gasteiger partial charge in [-0.2, -0.15) is 0 Å². The zero-order valence-electron chi connectivity index (χ0n) is 9.39. The quantitative estimate of drug-likeness (QED) is 0.719. The van der Waals surface area contributed by atoms with Crippen molar-refractivity contribution in [2.75, 3.05) is 11.9 Å². The summed E-state index contributed by atoms with van der Waals surface area (Å²) in [5, 5.41) is 21.4. The van der Waals surface area contributed by atoms with Crippen LogP contribution in [-0.2, 0) is 0 Å². The molecule has 92 valence electrons. The van der Waals surface area contributed by atoms with Gasteiger partial charge in [0.1, 0.15) is 5.82 Å². The highest BCUT2D eigenvalue weighted by Crippen LogP contribution is 2.32. The molecule has 1 aromatic heterocycles. The van der Waals surface area contributed by atoms with Gasteiger partial charge in [0.2, 0.25) is 0 Å². The predicted molar refractivity (Wildman–Crippen MR) is 60.9 cm³/mol. The third-order valence-electron chi connectivity index (χ3n) is 3.11. The number of aromatic nitrogens is 2. The molecule has 1 aromatic rings. The van der Waals surface area contributed by atoms with Gasteiger partial charge in [-0.1, -0.05) is 12.8 Å². The Morgan fingerprint density at radius 1 is 1.41 bits per heavy atom. The minimum absolute atomic E-state index is 0.0198. The standard InChI is InChI=1S/C11H15N3O3/c15-7-11(3-1-2-4-11)14-9-6-12-5-8(13-9)10(16)17/h5-6,15H,1-4,7H2,(H,13,14)(H,16,17). The number of hydrogen-bond acceptors (Lipinski definition) is 5. The number of carboxylic acids is 1. The van der Waals surface area contributed by atoms with Crippen LogP contribution in [0.3, 0.4) is 0 Å². The summed E-state index contributed by atoms with van der Waals surface area (Å²) in [5.74, 6) is -0.702. The molecule has 0 atom stereocenters. The van der Waals surface area contributed by atoms with Crippen LogP contribution in [0.4, 0.5) is 5.82 Å². The van der Waals surface area contributed by atoms with E-state index in [1.54, 1.807) is 0 Å². The van der Waals surface area contributed by atoms with Crippen molar-refractivity contribution in [1.29, 1.82) is 0 Å². The largest absolute Gasteiger partial charge is 0.476 e. The molecule has 1 aliphatic rings. The monoisotopic (exact) mass is 237 g/mol. The summed E-state index contributed by atoms with van der Waals surface area (Å²) in [6.45, 7) is 0.0198. The Hall–Kier alpha value is -1.69. The van der Waals surface area contributed by atoms with E-state index in [1.165, 1.54) is 12.4 Å². The van der Waals surface area contributed by atoms with Crippen LogP contribution in [0.1, 0.15) is 36.2 Å². The van der Waals surface area contributed by atoms with Crippen LogP contribution < -0.4 is 5.32 Å². The molecule has 1 fully saturated rings. The molecule has 0 spiro atoms. The van der Waals surface area contributed by atoms with Crippen LogP contribution in [0.2, 0.25) is 0 Å². The average Bonchev–Trinajstić information content (AvgIpc) is 2.78. The fraction of sp³-hybridized carbons (Fsp3) is 0.545. The summed E-state index contributed by atoms with van der Waals surface area (Å²) >= 11 is 0. The van der Waals surface area contributed by atoms with Gasteiger partial charge >= 0.3 is 5.97 Å². The second-order valence-corrected chi connectivity index (χ2v) is 4.37. The summed E-state index contributed by atoms with van der Waals surface area (Å²) in [6, 6.07) is 0. The molecule has 0 unspecified atom stereocenters. The molecule has 0 bridgehead atoms. The van der Waals surface area contributed by atoms with Gasteiger partial charge in [0.25, 0.3) is 0 Å². The van der Waals surface area contributed by atoms with Crippen molar-refractivity contribution < 1.29 is 15.0 Å². The Bertz CT molecular complexity index is 416. The molecule has 0 radical (unpaired) electrons. The third-order valence-corrected chi connectivity index (χ3v) is 3.11. The fourth-order valence-corrected chi connectivity index (χ4v) is 2.18. The smallest absolute Gasteiger partial charge is 0.356 e. The third kappa shape index (κ3) is 2.52. The average molecular weight is 237 g/mol. The first kappa shape index (κ1) is 11.8. The molecule has 3 N–H and O–H groups in total. The molecule has 2 rings (SSSR count). The topological polar surface area (TPSA) is 95.3 Å². The zero-order chi connectivity index (χ0) is 12.3. The van der Waals surface area contributed by atoms with Crippen molar-refractivity contribution in [3.63, 3.8) is 0 Å². The second-order valence-electron chi connectivity index (χ2n) is 4.37. The summed E-state index contributed by atoms with van der Waals surface area (Å²) in [4.78, 5) is 18.5. The Labute approximate surface area is 98.7 Å². The molecule has 0 amide bonds. The molecule has 1 aliphatic carbocycles. The molecule has 1 saturated carbocycles. The predicted octanol–water partition coefficient (Wildman–Crippen LogP) is 0.892. The summed E-state index contributed by atoms with van der Waals surface area (Å²) in [7, 11) is 0. The molecule has 6 nitrogen and oxygen atoms in total. The maximum atomic E-state index is 10.8. The number of carboxylic acid groups (broad SMARTS) is 1. The van der Waals surface area contributed by atoms with Crippen LogP contribution in [0, 0.1) is 0 Å². The minimum atomic E-state index is -1.11. The molecule has 1 heterocycles. The first-order valence-corrected chi connectivity index (χ1v) is 5.60. The van der Waals surface area contributed by atoms with Gasteiger partial charge in [-0.25, -0.2) is 9.78 Å². The van der Waals surface area contributed by atoms with Gasteiger partial charge in [-0.15, -0.1) is 0 Å². The lowest BCUT2D eigenvalue weighted by molar-refractivity contribution is 0.0690. The van der Waals surface area contributed by atoms with Gasteiger partial charge in [0, 0.05) is 0 Å². The molecular weight excluding hydrogens is 222 g/mol. The van der Waals surface area contributed by atoms with Crippen molar-refractivity contribution in [3.05, 3.63) is 18.1 Å². The Morgan fingerprint density at radius 2 is 2.12 bits per heavy atom. The van der Waals surface area contributed by atoms with E-state index in [1.807, 2.05) is 0 Å². The number of carbonyl (C=O) groups is 1. The number of anilines is 1. The van der Waals surface area contributed by atoms with Crippen LogP contribution in [-0.4, -0.2) is 38.3 Å².